The summed E-state index contributed by atoms with van der Waals surface area (Å²) in [5, 5.41) is 21.5. The van der Waals surface area contributed by atoms with Crippen LogP contribution in [0.1, 0.15) is 5.69 Å². The fraction of sp³-hybridized carbons (Fsp3) is 0.100. The van der Waals surface area contributed by atoms with E-state index in [0.29, 0.717) is 21.4 Å². The first-order valence-corrected chi connectivity index (χ1v) is 9.17. The summed E-state index contributed by atoms with van der Waals surface area (Å²) >= 11 is 12.0. The predicted molar refractivity (Wildman–Crippen MR) is 109 cm³/mol. The predicted octanol–water partition coefficient (Wildman–Crippen LogP) is 4.64. The molecule has 0 fully saturated rings. The van der Waals surface area contributed by atoms with Crippen molar-refractivity contribution in [3.05, 3.63) is 64.3 Å². The molecule has 1 amide bonds. The standard InChI is InChI=1S/C20H14Cl2N4O3/c21-14-5-1-12(2-6-14)17-18(13-3-7-15(22)8-4-13)26-19(16(11-23)25-17)29-10-9-24-20(27)28/h1-8,24H,9-10H2,(H,27,28). The monoisotopic (exact) mass is 428 g/mol. The van der Waals surface area contributed by atoms with Gasteiger partial charge in [-0.15, -0.1) is 0 Å². The second-order valence-electron chi connectivity index (χ2n) is 5.78. The van der Waals surface area contributed by atoms with E-state index in [0.717, 1.165) is 11.1 Å². The summed E-state index contributed by atoms with van der Waals surface area (Å²) < 4.78 is 5.51. The average molecular weight is 429 g/mol. The zero-order valence-electron chi connectivity index (χ0n) is 14.9. The van der Waals surface area contributed by atoms with E-state index >= 15 is 0 Å². The number of halogens is 2. The minimum absolute atomic E-state index is 0.00396. The van der Waals surface area contributed by atoms with Crippen LogP contribution < -0.4 is 10.1 Å². The van der Waals surface area contributed by atoms with Crippen LogP contribution in [0, 0.1) is 11.3 Å². The van der Waals surface area contributed by atoms with E-state index in [4.69, 9.17) is 33.0 Å². The molecule has 0 aliphatic carbocycles. The van der Waals surface area contributed by atoms with Crippen LogP contribution in [0.15, 0.2) is 48.5 Å². The fourth-order valence-corrected chi connectivity index (χ4v) is 2.77. The van der Waals surface area contributed by atoms with Crippen molar-refractivity contribution in [2.24, 2.45) is 0 Å². The molecule has 0 saturated heterocycles. The van der Waals surface area contributed by atoms with Gasteiger partial charge in [0.25, 0.3) is 5.88 Å². The lowest BCUT2D eigenvalue weighted by atomic mass is 10.0. The molecule has 0 aliphatic rings. The van der Waals surface area contributed by atoms with Crippen LogP contribution in [0.2, 0.25) is 10.0 Å². The summed E-state index contributed by atoms with van der Waals surface area (Å²) in [6.45, 7) is 0.0348. The average Bonchev–Trinajstić information content (AvgIpc) is 2.72. The SMILES string of the molecule is N#Cc1nc(-c2ccc(Cl)cc2)c(-c2ccc(Cl)cc2)nc1OCCNC(=O)O. The molecule has 9 heteroatoms. The van der Waals surface area contributed by atoms with Gasteiger partial charge in [-0.1, -0.05) is 47.5 Å². The van der Waals surface area contributed by atoms with Gasteiger partial charge in [0, 0.05) is 21.2 Å². The van der Waals surface area contributed by atoms with Gasteiger partial charge < -0.3 is 15.2 Å². The van der Waals surface area contributed by atoms with Crippen molar-refractivity contribution in [3.63, 3.8) is 0 Å². The minimum Gasteiger partial charge on any atom is -0.474 e. The van der Waals surface area contributed by atoms with Crippen molar-refractivity contribution in [1.82, 2.24) is 15.3 Å². The highest BCUT2D eigenvalue weighted by Gasteiger charge is 2.18. The van der Waals surface area contributed by atoms with Gasteiger partial charge in [0.2, 0.25) is 5.69 Å². The Kier molecular flexibility index (Phi) is 6.50. The number of nitriles is 1. The van der Waals surface area contributed by atoms with Crippen LogP contribution in [0.25, 0.3) is 22.5 Å². The molecule has 29 heavy (non-hydrogen) atoms. The first-order chi connectivity index (χ1) is 14.0. The molecule has 1 aromatic heterocycles. The van der Waals surface area contributed by atoms with Crippen molar-refractivity contribution in [1.29, 1.82) is 5.26 Å². The molecule has 0 bridgehead atoms. The highest BCUT2D eigenvalue weighted by molar-refractivity contribution is 6.31. The maximum atomic E-state index is 10.6. The van der Waals surface area contributed by atoms with Gasteiger partial charge >= 0.3 is 6.09 Å². The van der Waals surface area contributed by atoms with Crippen molar-refractivity contribution >= 4 is 29.3 Å². The molecule has 0 unspecified atom stereocenters. The van der Waals surface area contributed by atoms with E-state index in [1.165, 1.54) is 0 Å². The van der Waals surface area contributed by atoms with Gasteiger partial charge in [0.05, 0.1) is 12.2 Å². The van der Waals surface area contributed by atoms with E-state index < -0.39 is 6.09 Å². The fourth-order valence-electron chi connectivity index (χ4n) is 2.52. The van der Waals surface area contributed by atoms with E-state index in [1.807, 2.05) is 6.07 Å². The quantitative estimate of drug-likeness (QED) is 0.553. The highest BCUT2D eigenvalue weighted by atomic mass is 35.5. The van der Waals surface area contributed by atoms with Crippen LogP contribution in [0.4, 0.5) is 4.79 Å². The Morgan fingerprint density at radius 1 is 1.00 bits per heavy atom. The van der Waals surface area contributed by atoms with Gasteiger partial charge in [0.1, 0.15) is 18.4 Å². The molecule has 2 aromatic carbocycles. The van der Waals surface area contributed by atoms with Crippen LogP contribution in [-0.2, 0) is 0 Å². The van der Waals surface area contributed by atoms with Crippen LogP contribution in [-0.4, -0.2) is 34.3 Å². The third-order valence-electron chi connectivity index (χ3n) is 3.82. The number of aromatic nitrogens is 2. The third-order valence-corrected chi connectivity index (χ3v) is 4.33. The lowest BCUT2D eigenvalue weighted by Crippen LogP contribution is -2.26. The van der Waals surface area contributed by atoms with E-state index in [9.17, 15) is 10.1 Å². The van der Waals surface area contributed by atoms with Gasteiger partial charge in [0.15, 0.2) is 0 Å². The number of ether oxygens (including phenoxy) is 1. The first-order valence-electron chi connectivity index (χ1n) is 8.41. The number of carboxylic acid groups (broad SMARTS) is 1. The number of hydrogen-bond acceptors (Lipinski definition) is 5. The molecule has 0 aliphatic heterocycles. The van der Waals surface area contributed by atoms with Crippen LogP contribution >= 0.6 is 23.2 Å². The molecule has 0 saturated carbocycles. The summed E-state index contributed by atoms with van der Waals surface area (Å²) in [5.74, 6) is 0.0161. The summed E-state index contributed by atoms with van der Waals surface area (Å²) in [4.78, 5) is 19.5. The maximum Gasteiger partial charge on any atom is 0.404 e. The molecule has 3 rings (SSSR count). The van der Waals surface area contributed by atoms with Crippen molar-refractivity contribution in [2.45, 2.75) is 0 Å². The molecular weight excluding hydrogens is 415 g/mol. The number of benzene rings is 2. The molecule has 1 heterocycles. The van der Waals surface area contributed by atoms with Gasteiger partial charge in [-0.05, 0) is 24.3 Å². The van der Waals surface area contributed by atoms with Crippen molar-refractivity contribution < 1.29 is 14.6 Å². The number of rotatable bonds is 6. The van der Waals surface area contributed by atoms with Gasteiger partial charge in [-0.2, -0.15) is 5.26 Å². The third kappa shape index (κ3) is 5.13. The molecule has 146 valence electrons. The zero-order valence-corrected chi connectivity index (χ0v) is 16.4. The Balaban J connectivity index is 2.06. The highest BCUT2D eigenvalue weighted by Crippen LogP contribution is 2.33. The molecule has 0 atom stereocenters. The lowest BCUT2D eigenvalue weighted by molar-refractivity contribution is 0.190. The van der Waals surface area contributed by atoms with Crippen LogP contribution in [0.5, 0.6) is 5.88 Å². The number of nitrogens with zero attached hydrogens (tertiary/aromatic N) is 3. The van der Waals surface area contributed by atoms with Crippen LogP contribution in [0.3, 0.4) is 0 Å². The number of amides is 1. The van der Waals surface area contributed by atoms with E-state index in [-0.39, 0.29) is 24.7 Å². The second-order valence-corrected chi connectivity index (χ2v) is 6.65. The summed E-state index contributed by atoms with van der Waals surface area (Å²) in [6.07, 6.45) is -1.17. The number of nitrogens with one attached hydrogen (secondary N) is 1. The Morgan fingerprint density at radius 3 is 2.00 bits per heavy atom. The summed E-state index contributed by atoms with van der Waals surface area (Å²) in [7, 11) is 0. The van der Waals surface area contributed by atoms with Gasteiger partial charge in [-0.3, -0.25) is 0 Å². The Hall–Kier alpha value is -3.34. The maximum absolute atomic E-state index is 10.6. The summed E-state index contributed by atoms with van der Waals surface area (Å²) in [6, 6.07) is 16.0. The number of hydrogen-bond donors (Lipinski definition) is 2. The zero-order chi connectivity index (χ0) is 20.8. The molecule has 0 radical (unpaired) electrons. The normalized spacial score (nSPS) is 10.2. The Labute approximate surface area is 176 Å². The molecule has 2 N–H and O–H groups in total. The van der Waals surface area contributed by atoms with Crippen molar-refractivity contribution in [2.75, 3.05) is 13.2 Å². The Bertz CT molecular complexity index is 1060. The van der Waals surface area contributed by atoms with Crippen molar-refractivity contribution in [3.8, 4) is 34.5 Å². The smallest absolute Gasteiger partial charge is 0.404 e. The van der Waals surface area contributed by atoms with Gasteiger partial charge in [-0.25, -0.2) is 14.8 Å². The molecule has 0 spiro atoms. The molecule has 7 nitrogen and oxygen atoms in total. The van der Waals surface area contributed by atoms with E-state index in [2.05, 4.69) is 15.3 Å². The Morgan fingerprint density at radius 2 is 1.52 bits per heavy atom. The minimum atomic E-state index is -1.17. The largest absolute Gasteiger partial charge is 0.474 e. The molecular formula is C20H14Cl2N4O3. The first kappa shape index (κ1) is 20.4. The topological polar surface area (TPSA) is 108 Å². The number of carbonyl (C=O) groups is 1. The summed E-state index contributed by atoms with van der Waals surface area (Å²) in [5.41, 5.74) is 2.41. The second kappa shape index (κ2) is 9.24. The van der Waals surface area contributed by atoms with E-state index in [1.54, 1.807) is 48.5 Å². The molecule has 3 aromatic rings. The lowest BCUT2D eigenvalue weighted by Gasteiger charge is -2.13.